The number of rotatable bonds is 2. The van der Waals surface area contributed by atoms with E-state index in [-0.39, 0.29) is 5.91 Å². The molecule has 1 aliphatic heterocycles. The number of hydrogen-bond acceptors (Lipinski definition) is 4. The number of carbonyl (C=O) groups excluding carboxylic acids is 1. The Morgan fingerprint density at radius 3 is 3.06 bits per heavy atom. The highest BCUT2D eigenvalue weighted by molar-refractivity contribution is 5.99. The molecule has 0 atom stereocenters. The molecule has 3 rings (SSSR count). The third kappa shape index (κ3) is 1.64. The van der Waals surface area contributed by atoms with Crippen LogP contribution in [0.1, 0.15) is 5.56 Å². The van der Waals surface area contributed by atoms with Gasteiger partial charge in [-0.2, -0.15) is 0 Å². The van der Waals surface area contributed by atoms with Crippen LogP contribution in [-0.4, -0.2) is 15.9 Å². The fourth-order valence-electron chi connectivity index (χ4n) is 1.94. The van der Waals surface area contributed by atoms with Crippen molar-refractivity contribution in [3.05, 3.63) is 30.0 Å². The lowest BCUT2D eigenvalue weighted by molar-refractivity contribution is -0.115. The van der Waals surface area contributed by atoms with Crippen LogP contribution >= 0.6 is 0 Å². The number of nitrogens with zero attached hydrogens (tertiary/aromatic N) is 1. The summed E-state index contributed by atoms with van der Waals surface area (Å²) in [7, 11) is 0. The van der Waals surface area contributed by atoms with Crippen LogP contribution in [0.3, 0.4) is 0 Å². The molecule has 0 aliphatic carbocycles. The van der Waals surface area contributed by atoms with Crippen molar-refractivity contribution in [3.8, 4) is 11.3 Å². The van der Waals surface area contributed by atoms with Gasteiger partial charge in [-0.3, -0.25) is 10.2 Å². The summed E-state index contributed by atoms with van der Waals surface area (Å²) in [6.07, 6.45) is 2.13. The molecule has 6 heteroatoms. The third-order valence-electron chi connectivity index (χ3n) is 2.75. The highest BCUT2D eigenvalue weighted by Gasteiger charge is 2.18. The first-order valence-corrected chi connectivity index (χ1v) is 5.21. The molecular weight excluding hydrogens is 218 g/mol. The average molecular weight is 229 g/mol. The Labute approximate surface area is 97.2 Å². The molecule has 0 saturated carbocycles. The summed E-state index contributed by atoms with van der Waals surface area (Å²) in [5.74, 6) is 5.79. The van der Waals surface area contributed by atoms with Crippen molar-refractivity contribution in [1.29, 1.82) is 0 Å². The Morgan fingerprint density at radius 1 is 1.41 bits per heavy atom. The van der Waals surface area contributed by atoms with Gasteiger partial charge in [0.05, 0.1) is 18.3 Å². The van der Waals surface area contributed by atoms with E-state index >= 15 is 0 Å². The monoisotopic (exact) mass is 229 g/mol. The zero-order valence-electron chi connectivity index (χ0n) is 8.95. The zero-order valence-corrected chi connectivity index (χ0v) is 8.95. The van der Waals surface area contributed by atoms with Gasteiger partial charge in [0.25, 0.3) is 0 Å². The highest BCUT2D eigenvalue weighted by Crippen LogP contribution is 2.28. The predicted molar refractivity (Wildman–Crippen MR) is 64.2 cm³/mol. The minimum atomic E-state index is 0.0334. The van der Waals surface area contributed by atoms with Gasteiger partial charge in [0.1, 0.15) is 0 Å². The maximum Gasteiger partial charge on any atom is 0.228 e. The Balaban J connectivity index is 1.99. The van der Waals surface area contributed by atoms with E-state index in [9.17, 15) is 4.79 Å². The molecule has 0 saturated heterocycles. The number of fused-ring (bicyclic) bond motifs is 1. The number of nitrogens with two attached hydrogens (primary N) is 1. The molecule has 17 heavy (non-hydrogen) atoms. The van der Waals surface area contributed by atoms with Crippen molar-refractivity contribution < 1.29 is 4.79 Å². The summed E-state index contributed by atoms with van der Waals surface area (Å²) in [5.41, 5.74) is 6.17. The SMILES string of the molecule is NNc1ncc(-c2ccc3c(c2)CC(=O)N3)[nH]1. The molecule has 2 heterocycles. The van der Waals surface area contributed by atoms with Gasteiger partial charge in [0.2, 0.25) is 11.9 Å². The van der Waals surface area contributed by atoms with Crippen LogP contribution in [0.15, 0.2) is 24.4 Å². The minimum absolute atomic E-state index is 0.0334. The smallest absolute Gasteiger partial charge is 0.228 e. The molecule has 1 aromatic heterocycles. The van der Waals surface area contributed by atoms with Gasteiger partial charge in [0.15, 0.2) is 0 Å². The van der Waals surface area contributed by atoms with Crippen LogP contribution in [0.4, 0.5) is 11.6 Å². The number of aromatic amines is 1. The second-order valence-corrected chi connectivity index (χ2v) is 3.89. The van der Waals surface area contributed by atoms with Gasteiger partial charge < -0.3 is 10.3 Å². The van der Waals surface area contributed by atoms with E-state index in [1.807, 2.05) is 18.2 Å². The second-order valence-electron chi connectivity index (χ2n) is 3.89. The number of anilines is 2. The van der Waals surface area contributed by atoms with E-state index < -0.39 is 0 Å². The molecule has 1 aliphatic rings. The molecule has 2 aromatic rings. The Kier molecular flexibility index (Phi) is 2.09. The number of aromatic nitrogens is 2. The van der Waals surface area contributed by atoms with Gasteiger partial charge in [0, 0.05) is 11.3 Å². The van der Waals surface area contributed by atoms with Crippen molar-refractivity contribution in [1.82, 2.24) is 9.97 Å². The first kappa shape index (κ1) is 9.86. The Morgan fingerprint density at radius 2 is 2.29 bits per heavy atom. The molecule has 0 spiro atoms. The van der Waals surface area contributed by atoms with Crippen LogP contribution in [0.2, 0.25) is 0 Å². The van der Waals surface area contributed by atoms with E-state index in [4.69, 9.17) is 5.84 Å². The maximum absolute atomic E-state index is 11.2. The number of nitrogens with one attached hydrogen (secondary N) is 3. The van der Waals surface area contributed by atoms with Gasteiger partial charge >= 0.3 is 0 Å². The van der Waals surface area contributed by atoms with Crippen LogP contribution < -0.4 is 16.6 Å². The number of amides is 1. The molecular formula is C11H11N5O. The fraction of sp³-hybridized carbons (Fsp3) is 0.0909. The molecule has 0 fully saturated rings. The average Bonchev–Trinajstić information content (AvgIpc) is 2.92. The molecule has 6 nitrogen and oxygen atoms in total. The van der Waals surface area contributed by atoms with E-state index in [2.05, 4.69) is 20.7 Å². The van der Waals surface area contributed by atoms with Gasteiger partial charge in [-0.05, 0) is 17.7 Å². The second kappa shape index (κ2) is 3.60. The van der Waals surface area contributed by atoms with E-state index in [1.54, 1.807) is 6.20 Å². The van der Waals surface area contributed by atoms with Gasteiger partial charge in [-0.1, -0.05) is 6.07 Å². The van der Waals surface area contributed by atoms with Gasteiger partial charge in [-0.15, -0.1) is 0 Å². The highest BCUT2D eigenvalue weighted by atomic mass is 16.1. The van der Waals surface area contributed by atoms with E-state index in [0.29, 0.717) is 12.4 Å². The normalized spacial score (nSPS) is 13.4. The van der Waals surface area contributed by atoms with Crippen molar-refractivity contribution in [2.45, 2.75) is 6.42 Å². The number of hydrogen-bond donors (Lipinski definition) is 4. The third-order valence-corrected chi connectivity index (χ3v) is 2.75. The lowest BCUT2D eigenvalue weighted by atomic mass is 10.1. The van der Waals surface area contributed by atoms with Crippen molar-refractivity contribution in [2.24, 2.45) is 5.84 Å². The molecule has 0 radical (unpaired) electrons. The minimum Gasteiger partial charge on any atom is -0.326 e. The van der Waals surface area contributed by atoms with Crippen molar-refractivity contribution in [3.63, 3.8) is 0 Å². The fourth-order valence-corrected chi connectivity index (χ4v) is 1.94. The predicted octanol–water partition coefficient (Wildman–Crippen LogP) is 0.857. The number of hydrazine groups is 1. The molecule has 1 amide bonds. The first-order chi connectivity index (χ1) is 8.26. The van der Waals surface area contributed by atoms with E-state index in [0.717, 1.165) is 22.5 Å². The summed E-state index contributed by atoms with van der Waals surface area (Å²) in [4.78, 5) is 18.3. The van der Waals surface area contributed by atoms with Crippen LogP contribution in [0.25, 0.3) is 11.3 Å². The Bertz CT molecular complexity index is 589. The number of imidazole rings is 1. The van der Waals surface area contributed by atoms with Gasteiger partial charge in [-0.25, -0.2) is 10.8 Å². The summed E-state index contributed by atoms with van der Waals surface area (Å²) in [5, 5.41) is 2.80. The number of H-pyrrole nitrogens is 1. The summed E-state index contributed by atoms with van der Waals surface area (Å²) < 4.78 is 0. The standard InChI is InChI=1S/C11H11N5O/c12-16-11-13-5-9(15-11)6-1-2-8-7(3-6)4-10(17)14-8/h1-3,5H,4,12H2,(H,14,17)(H2,13,15,16). The zero-order chi connectivity index (χ0) is 11.8. The lowest BCUT2D eigenvalue weighted by Gasteiger charge is -2.01. The van der Waals surface area contributed by atoms with Crippen molar-refractivity contribution >= 4 is 17.5 Å². The lowest BCUT2D eigenvalue weighted by Crippen LogP contribution is -2.07. The number of nitrogen functional groups attached to an aromatic ring is 1. The molecule has 5 N–H and O–H groups in total. The van der Waals surface area contributed by atoms with Crippen LogP contribution in [0.5, 0.6) is 0 Å². The first-order valence-electron chi connectivity index (χ1n) is 5.21. The quantitative estimate of drug-likeness (QED) is 0.453. The molecule has 86 valence electrons. The number of benzene rings is 1. The van der Waals surface area contributed by atoms with Crippen molar-refractivity contribution in [2.75, 3.05) is 10.7 Å². The van der Waals surface area contributed by atoms with E-state index in [1.165, 1.54) is 0 Å². The van der Waals surface area contributed by atoms with Crippen LogP contribution in [-0.2, 0) is 11.2 Å². The molecule has 1 aromatic carbocycles. The van der Waals surface area contributed by atoms with Crippen LogP contribution in [0, 0.1) is 0 Å². The topological polar surface area (TPSA) is 95.8 Å². The maximum atomic E-state index is 11.2. The Hall–Kier alpha value is -2.34. The number of carbonyl (C=O) groups is 1. The molecule has 0 unspecified atom stereocenters. The summed E-state index contributed by atoms with van der Waals surface area (Å²) in [6, 6.07) is 5.80. The summed E-state index contributed by atoms with van der Waals surface area (Å²) in [6.45, 7) is 0. The molecule has 0 bridgehead atoms. The largest absolute Gasteiger partial charge is 0.326 e. The summed E-state index contributed by atoms with van der Waals surface area (Å²) >= 11 is 0.